The first-order valence-electron chi connectivity index (χ1n) is 7.20. The highest BCUT2D eigenvalue weighted by molar-refractivity contribution is 5.86. The van der Waals surface area contributed by atoms with Crippen LogP contribution in [0.15, 0.2) is 0 Å². The summed E-state index contributed by atoms with van der Waals surface area (Å²) in [4.78, 5) is 11.2. The first-order chi connectivity index (χ1) is 9.77. The minimum atomic E-state index is -1.11. The second kappa shape index (κ2) is 7.51. The fourth-order valence-electron chi connectivity index (χ4n) is 2.05. The number of hydrogen-bond donors (Lipinski definition) is 2. The van der Waals surface area contributed by atoms with E-state index in [2.05, 4.69) is 17.2 Å². The number of carboxylic acid groups (broad SMARTS) is 1. The lowest BCUT2D eigenvalue weighted by atomic mass is 9.90. The predicted molar refractivity (Wildman–Crippen MR) is 77.4 cm³/mol. The van der Waals surface area contributed by atoms with Crippen LogP contribution in [0.4, 0.5) is 0 Å². The molecule has 1 heterocycles. The number of carbonyl (C=O) groups is 1. The molecule has 120 valence electrons. The van der Waals surface area contributed by atoms with E-state index in [-0.39, 0.29) is 18.8 Å². The second-order valence-corrected chi connectivity index (χ2v) is 6.11. The number of hydrogen-bond acceptors (Lipinski definition) is 5. The van der Waals surface area contributed by atoms with Gasteiger partial charge >= 0.3 is 5.97 Å². The van der Waals surface area contributed by atoms with E-state index in [4.69, 9.17) is 4.74 Å². The first-order valence-corrected chi connectivity index (χ1v) is 7.20. The molecule has 0 radical (unpaired) electrons. The summed E-state index contributed by atoms with van der Waals surface area (Å²) in [6.45, 7) is 8.71. The van der Waals surface area contributed by atoms with Gasteiger partial charge in [-0.1, -0.05) is 39.3 Å². The summed E-state index contributed by atoms with van der Waals surface area (Å²) in [6, 6.07) is 0. The van der Waals surface area contributed by atoms with E-state index in [1.807, 2.05) is 20.8 Å². The molecule has 0 aromatic carbocycles. The van der Waals surface area contributed by atoms with Gasteiger partial charge in [0.1, 0.15) is 0 Å². The molecular weight excluding hydrogens is 274 g/mol. The van der Waals surface area contributed by atoms with E-state index in [0.29, 0.717) is 12.3 Å². The Labute approximate surface area is 124 Å². The molecule has 1 aromatic heterocycles. The Hall–Kier alpha value is -1.47. The maximum absolute atomic E-state index is 11.2. The second-order valence-electron chi connectivity index (χ2n) is 6.11. The molecule has 0 bridgehead atoms. The molecule has 21 heavy (non-hydrogen) atoms. The van der Waals surface area contributed by atoms with Crippen molar-refractivity contribution in [1.82, 2.24) is 15.0 Å². The highest BCUT2D eigenvalue weighted by Crippen LogP contribution is 2.24. The highest BCUT2D eigenvalue weighted by Gasteiger charge is 2.29. The molecule has 1 rings (SSSR count). The fourth-order valence-corrected chi connectivity index (χ4v) is 2.05. The molecule has 1 atom stereocenters. The number of ether oxygens (including phenoxy) is 1. The molecule has 7 heteroatoms. The normalized spacial score (nSPS) is 13.4. The van der Waals surface area contributed by atoms with Gasteiger partial charge in [-0.2, -0.15) is 0 Å². The van der Waals surface area contributed by atoms with Crippen LogP contribution in [0, 0.1) is 0 Å². The van der Waals surface area contributed by atoms with E-state index in [0.717, 1.165) is 12.8 Å². The lowest BCUT2D eigenvalue weighted by molar-refractivity contribution is 0.0243. The van der Waals surface area contributed by atoms with Gasteiger partial charge in [-0.15, -0.1) is 5.10 Å². The van der Waals surface area contributed by atoms with Crippen LogP contribution in [-0.4, -0.2) is 50.5 Å². The number of rotatable bonds is 8. The lowest BCUT2D eigenvalue weighted by Crippen LogP contribution is -2.28. The third-order valence-electron chi connectivity index (χ3n) is 2.98. The van der Waals surface area contributed by atoms with Crippen LogP contribution in [0.3, 0.4) is 0 Å². The molecule has 0 spiro atoms. The zero-order valence-electron chi connectivity index (χ0n) is 13.2. The molecule has 1 unspecified atom stereocenters. The van der Waals surface area contributed by atoms with Gasteiger partial charge in [-0.05, 0) is 6.42 Å². The van der Waals surface area contributed by atoms with Crippen molar-refractivity contribution in [1.29, 1.82) is 0 Å². The zero-order valence-corrected chi connectivity index (χ0v) is 13.2. The van der Waals surface area contributed by atoms with Gasteiger partial charge in [0.15, 0.2) is 5.69 Å². The molecule has 0 aliphatic rings. The van der Waals surface area contributed by atoms with Crippen LogP contribution in [0.1, 0.15) is 56.7 Å². The van der Waals surface area contributed by atoms with Gasteiger partial charge < -0.3 is 14.9 Å². The Balaban J connectivity index is 2.77. The summed E-state index contributed by atoms with van der Waals surface area (Å²) in [5.41, 5.74) is 0.00391. The average molecular weight is 299 g/mol. The molecule has 0 saturated heterocycles. The molecule has 0 fully saturated rings. The number of aliphatic hydroxyl groups excluding tert-OH is 1. The number of aliphatic hydroxyl groups is 1. The smallest absolute Gasteiger partial charge is 0.358 e. The summed E-state index contributed by atoms with van der Waals surface area (Å²) in [6.07, 6.45) is 1.24. The van der Waals surface area contributed by atoms with Crippen LogP contribution in [0.25, 0.3) is 0 Å². The maximum Gasteiger partial charge on any atom is 0.358 e. The van der Waals surface area contributed by atoms with E-state index in [9.17, 15) is 15.0 Å². The van der Waals surface area contributed by atoms with Gasteiger partial charge in [0.25, 0.3) is 0 Å². The van der Waals surface area contributed by atoms with Crippen molar-refractivity contribution >= 4 is 5.97 Å². The number of carboxylic acids is 1. The number of nitrogens with zero attached hydrogens (tertiary/aromatic N) is 3. The van der Waals surface area contributed by atoms with Crippen molar-refractivity contribution in [2.45, 2.75) is 58.6 Å². The molecule has 0 aliphatic carbocycles. The van der Waals surface area contributed by atoms with Crippen molar-refractivity contribution in [3.8, 4) is 0 Å². The summed E-state index contributed by atoms with van der Waals surface area (Å²) < 4.78 is 6.82. The standard InChI is InChI=1S/C14H25N3O4/c1-5-6-7-21-9-10(18)8-17-12(14(2,3)4)11(13(19)20)15-16-17/h10,18H,5-9H2,1-4H3,(H,19,20). The Kier molecular flexibility index (Phi) is 6.29. The summed E-state index contributed by atoms with van der Waals surface area (Å²) >= 11 is 0. The lowest BCUT2D eigenvalue weighted by Gasteiger charge is -2.21. The number of aromatic carboxylic acids is 1. The highest BCUT2D eigenvalue weighted by atomic mass is 16.5. The molecular formula is C14H25N3O4. The first kappa shape index (κ1) is 17.6. The van der Waals surface area contributed by atoms with E-state index in [1.165, 1.54) is 4.68 Å². The van der Waals surface area contributed by atoms with Gasteiger partial charge in [0.05, 0.1) is 24.9 Å². The van der Waals surface area contributed by atoms with Gasteiger partial charge in [-0.25, -0.2) is 9.48 Å². The minimum Gasteiger partial charge on any atom is -0.476 e. The van der Waals surface area contributed by atoms with Crippen LogP contribution in [0.2, 0.25) is 0 Å². The quantitative estimate of drug-likeness (QED) is 0.705. The fraction of sp³-hybridized carbons (Fsp3) is 0.786. The van der Waals surface area contributed by atoms with E-state index >= 15 is 0 Å². The Morgan fingerprint density at radius 2 is 2.10 bits per heavy atom. The molecule has 1 aromatic rings. The van der Waals surface area contributed by atoms with Crippen molar-refractivity contribution < 1.29 is 19.7 Å². The third kappa shape index (κ3) is 5.09. The predicted octanol–water partition coefficient (Wildman–Crippen LogP) is 1.45. The summed E-state index contributed by atoms with van der Waals surface area (Å²) in [5.74, 6) is -1.11. The average Bonchev–Trinajstić information content (AvgIpc) is 2.78. The van der Waals surface area contributed by atoms with Gasteiger partial charge in [0, 0.05) is 12.0 Å². The van der Waals surface area contributed by atoms with Crippen molar-refractivity contribution in [3.05, 3.63) is 11.4 Å². The molecule has 2 N–H and O–H groups in total. The zero-order chi connectivity index (χ0) is 16.0. The number of unbranched alkanes of at least 4 members (excludes halogenated alkanes) is 1. The third-order valence-corrected chi connectivity index (χ3v) is 2.98. The maximum atomic E-state index is 11.2. The minimum absolute atomic E-state index is 0.0680. The Morgan fingerprint density at radius 3 is 2.62 bits per heavy atom. The molecule has 0 amide bonds. The topological polar surface area (TPSA) is 97.5 Å². The molecule has 0 saturated carbocycles. The van der Waals surface area contributed by atoms with E-state index < -0.39 is 17.5 Å². The SMILES string of the molecule is CCCCOCC(O)Cn1nnc(C(=O)O)c1C(C)(C)C. The molecule has 0 aliphatic heterocycles. The van der Waals surface area contributed by atoms with Gasteiger partial charge in [0.2, 0.25) is 0 Å². The van der Waals surface area contributed by atoms with Crippen molar-refractivity contribution in [3.63, 3.8) is 0 Å². The van der Waals surface area contributed by atoms with Crippen LogP contribution < -0.4 is 0 Å². The van der Waals surface area contributed by atoms with E-state index in [1.54, 1.807) is 0 Å². The summed E-state index contributed by atoms with van der Waals surface area (Å²) in [5, 5.41) is 26.7. The van der Waals surface area contributed by atoms with Crippen LogP contribution in [0.5, 0.6) is 0 Å². The number of aromatic nitrogens is 3. The van der Waals surface area contributed by atoms with Crippen molar-refractivity contribution in [2.75, 3.05) is 13.2 Å². The molecule has 7 nitrogen and oxygen atoms in total. The van der Waals surface area contributed by atoms with Crippen LogP contribution in [-0.2, 0) is 16.7 Å². The summed E-state index contributed by atoms with van der Waals surface area (Å²) in [7, 11) is 0. The largest absolute Gasteiger partial charge is 0.476 e. The van der Waals surface area contributed by atoms with Crippen molar-refractivity contribution in [2.24, 2.45) is 0 Å². The van der Waals surface area contributed by atoms with Crippen LogP contribution >= 0.6 is 0 Å². The van der Waals surface area contributed by atoms with Gasteiger partial charge in [-0.3, -0.25) is 0 Å². The Bertz CT molecular complexity index is 465. The Morgan fingerprint density at radius 1 is 1.43 bits per heavy atom. The monoisotopic (exact) mass is 299 g/mol.